The number of aryl methyl sites for hydroxylation is 1. The highest BCUT2D eigenvalue weighted by molar-refractivity contribution is 5.94. The van der Waals surface area contributed by atoms with Gasteiger partial charge in [0.05, 0.1) is 16.8 Å². The topological polar surface area (TPSA) is 67.2 Å². The van der Waals surface area contributed by atoms with Crippen LogP contribution >= 0.6 is 0 Å². The lowest BCUT2D eigenvalue weighted by molar-refractivity contribution is -0.00257. The molecule has 1 aromatic heterocycles. The lowest BCUT2D eigenvalue weighted by Crippen LogP contribution is -2.41. The number of nitrogens with one attached hydrogen (secondary N) is 1. The summed E-state index contributed by atoms with van der Waals surface area (Å²) in [6.45, 7) is 5.42. The van der Waals surface area contributed by atoms with Gasteiger partial charge in [-0.05, 0) is 82.7 Å². The third-order valence-corrected chi connectivity index (χ3v) is 6.33. The zero-order chi connectivity index (χ0) is 22.3. The van der Waals surface area contributed by atoms with Crippen molar-refractivity contribution in [3.8, 4) is 5.69 Å². The second-order valence-corrected chi connectivity index (χ2v) is 9.00. The van der Waals surface area contributed by atoms with E-state index in [1.165, 1.54) is 28.9 Å². The van der Waals surface area contributed by atoms with Gasteiger partial charge in [-0.3, -0.25) is 4.79 Å². The quantitative estimate of drug-likeness (QED) is 0.636. The van der Waals surface area contributed by atoms with Crippen LogP contribution in [0.15, 0.2) is 36.4 Å². The van der Waals surface area contributed by atoms with Crippen LogP contribution in [-0.4, -0.2) is 32.4 Å². The van der Waals surface area contributed by atoms with Crippen LogP contribution in [0.5, 0.6) is 0 Å². The van der Waals surface area contributed by atoms with E-state index < -0.39 is 17.2 Å². The molecule has 1 amide bonds. The van der Waals surface area contributed by atoms with E-state index in [0.29, 0.717) is 11.2 Å². The fourth-order valence-corrected chi connectivity index (χ4v) is 4.46. The van der Waals surface area contributed by atoms with Gasteiger partial charge in [-0.25, -0.2) is 13.5 Å². The maximum Gasteiger partial charge on any atom is 0.251 e. The minimum atomic E-state index is -0.716. The zero-order valence-corrected chi connectivity index (χ0v) is 18.0. The largest absolute Gasteiger partial charge is 0.390 e. The van der Waals surface area contributed by atoms with Gasteiger partial charge in [-0.1, -0.05) is 0 Å². The second-order valence-electron chi connectivity index (χ2n) is 9.00. The van der Waals surface area contributed by atoms with Crippen LogP contribution in [0.1, 0.15) is 55.6 Å². The molecule has 0 bridgehead atoms. The van der Waals surface area contributed by atoms with E-state index in [0.717, 1.165) is 31.1 Å². The van der Waals surface area contributed by atoms with Crippen molar-refractivity contribution in [2.75, 3.05) is 0 Å². The monoisotopic (exact) mass is 427 g/mol. The van der Waals surface area contributed by atoms with Gasteiger partial charge in [-0.15, -0.1) is 0 Å². The number of hydrogen-bond acceptors (Lipinski definition) is 3. The van der Waals surface area contributed by atoms with Crippen molar-refractivity contribution in [1.29, 1.82) is 0 Å². The van der Waals surface area contributed by atoms with E-state index in [9.17, 15) is 18.7 Å². The maximum absolute atomic E-state index is 14.9. The Morgan fingerprint density at radius 3 is 2.48 bits per heavy atom. The molecule has 5 nitrogen and oxygen atoms in total. The molecule has 1 fully saturated rings. The summed E-state index contributed by atoms with van der Waals surface area (Å²) >= 11 is 0. The number of halogens is 2. The summed E-state index contributed by atoms with van der Waals surface area (Å²) in [6.07, 6.45) is 3.24. The molecule has 2 N–H and O–H groups in total. The molecule has 0 atom stereocenters. The van der Waals surface area contributed by atoms with Gasteiger partial charge >= 0.3 is 0 Å². The van der Waals surface area contributed by atoms with Crippen LogP contribution in [0, 0.1) is 24.5 Å². The Morgan fingerprint density at radius 2 is 1.84 bits per heavy atom. The minimum absolute atomic E-state index is 0.00882. The molecule has 164 valence electrons. The van der Waals surface area contributed by atoms with E-state index in [2.05, 4.69) is 10.4 Å². The third-order valence-electron chi connectivity index (χ3n) is 6.33. The molecule has 7 heteroatoms. The number of carbonyl (C=O) groups excluding carboxylic acids is 1. The third kappa shape index (κ3) is 4.32. The predicted molar refractivity (Wildman–Crippen MR) is 115 cm³/mol. The Kier molecular flexibility index (Phi) is 5.56. The maximum atomic E-state index is 14.9. The molecule has 0 saturated heterocycles. The molecule has 1 saturated carbocycles. The van der Waals surface area contributed by atoms with E-state index in [1.807, 2.05) is 13.8 Å². The lowest BCUT2D eigenvalue weighted by Gasteiger charge is -2.36. The Hall–Kier alpha value is -2.80. The Morgan fingerprint density at radius 1 is 1.13 bits per heavy atom. The predicted octanol–water partition coefficient (Wildman–Crippen LogP) is 4.67. The molecule has 1 heterocycles. The number of aromatic nitrogens is 2. The van der Waals surface area contributed by atoms with Crippen molar-refractivity contribution < 1.29 is 18.7 Å². The van der Waals surface area contributed by atoms with Gasteiger partial charge in [0, 0.05) is 23.1 Å². The van der Waals surface area contributed by atoms with Gasteiger partial charge in [0.15, 0.2) is 0 Å². The van der Waals surface area contributed by atoms with Crippen LogP contribution in [-0.2, 0) is 0 Å². The summed E-state index contributed by atoms with van der Waals surface area (Å²) in [5.74, 6) is -1.14. The fraction of sp³-hybridized carbons (Fsp3) is 0.417. The number of aliphatic hydroxyl groups is 1. The SMILES string of the molecule is Cc1nn(-c2ccc(C(=O)NC3CCC(C(C)(C)O)CC3)cc2F)c2cc(F)ccc12. The first-order valence-electron chi connectivity index (χ1n) is 10.6. The van der Waals surface area contributed by atoms with Gasteiger partial charge < -0.3 is 10.4 Å². The molecule has 0 unspecified atom stereocenters. The summed E-state index contributed by atoms with van der Waals surface area (Å²) in [5.41, 5.74) is 0.803. The van der Waals surface area contributed by atoms with Crippen molar-refractivity contribution in [2.45, 2.75) is 58.1 Å². The molecular formula is C24H27F2N3O2. The average Bonchev–Trinajstić information content (AvgIpc) is 3.03. The smallest absolute Gasteiger partial charge is 0.251 e. The first kappa shape index (κ1) is 21.4. The van der Waals surface area contributed by atoms with E-state index in [1.54, 1.807) is 19.1 Å². The van der Waals surface area contributed by atoms with Gasteiger partial charge in [0.2, 0.25) is 0 Å². The van der Waals surface area contributed by atoms with E-state index >= 15 is 0 Å². The highest BCUT2D eigenvalue weighted by Gasteiger charge is 2.32. The van der Waals surface area contributed by atoms with Gasteiger partial charge in [0.1, 0.15) is 17.3 Å². The molecule has 0 radical (unpaired) electrons. The second kappa shape index (κ2) is 8.04. The van der Waals surface area contributed by atoms with Crippen LogP contribution in [0.4, 0.5) is 8.78 Å². The molecule has 31 heavy (non-hydrogen) atoms. The number of carbonyl (C=O) groups is 1. The standard InChI is InChI=1S/C24H27F2N3O2/c1-14-19-10-7-17(25)13-22(19)29(28-14)21-11-4-15(12-20(21)26)23(30)27-18-8-5-16(6-9-18)24(2,3)31/h4,7,10-13,16,18,31H,5-6,8-9H2,1-3H3,(H,27,30). The van der Waals surface area contributed by atoms with Crippen LogP contribution in [0.2, 0.25) is 0 Å². The highest BCUT2D eigenvalue weighted by atomic mass is 19.1. The Balaban J connectivity index is 1.51. The number of fused-ring (bicyclic) bond motifs is 1. The van der Waals surface area contributed by atoms with Crippen molar-refractivity contribution in [1.82, 2.24) is 15.1 Å². The molecule has 3 aromatic rings. The van der Waals surface area contributed by atoms with E-state index in [-0.39, 0.29) is 29.1 Å². The van der Waals surface area contributed by atoms with Crippen molar-refractivity contribution >= 4 is 16.8 Å². The summed E-state index contributed by atoms with van der Waals surface area (Å²) < 4.78 is 30.0. The number of nitrogens with zero attached hydrogens (tertiary/aromatic N) is 2. The fourth-order valence-electron chi connectivity index (χ4n) is 4.46. The molecular weight excluding hydrogens is 400 g/mol. The molecule has 2 aromatic carbocycles. The van der Waals surface area contributed by atoms with Gasteiger partial charge in [-0.2, -0.15) is 5.10 Å². The number of rotatable bonds is 4. The average molecular weight is 427 g/mol. The molecule has 0 aliphatic heterocycles. The Labute approximate surface area is 180 Å². The molecule has 0 spiro atoms. The Bertz CT molecular complexity index is 1130. The minimum Gasteiger partial charge on any atom is -0.390 e. The van der Waals surface area contributed by atoms with Crippen molar-refractivity contribution in [2.24, 2.45) is 5.92 Å². The van der Waals surface area contributed by atoms with Crippen LogP contribution < -0.4 is 5.32 Å². The molecule has 4 rings (SSSR count). The first-order chi connectivity index (χ1) is 14.6. The molecule has 1 aliphatic rings. The first-order valence-corrected chi connectivity index (χ1v) is 10.6. The van der Waals surface area contributed by atoms with Crippen molar-refractivity contribution in [3.05, 3.63) is 59.3 Å². The number of hydrogen-bond donors (Lipinski definition) is 2. The van der Waals surface area contributed by atoms with Crippen LogP contribution in [0.3, 0.4) is 0 Å². The summed E-state index contributed by atoms with van der Waals surface area (Å²) in [5, 5.41) is 18.2. The van der Waals surface area contributed by atoms with E-state index in [4.69, 9.17) is 0 Å². The molecule has 1 aliphatic carbocycles. The number of amides is 1. The normalized spacial score (nSPS) is 19.5. The summed E-state index contributed by atoms with van der Waals surface area (Å²) in [4.78, 5) is 12.7. The summed E-state index contributed by atoms with van der Waals surface area (Å²) in [6, 6.07) is 8.53. The number of benzene rings is 2. The van der Waals surface area contributed by atoms with Crippen molar-refractivity contribution in [3.63, 3.8) is 0 Å². The lowest BCUT2D eigenvalue weighted by atomic mass is 9.77. The van der Waals surface area contributed by atoms with Gasteiger partial charge in [0.25, 0.3) is 5.91 Å². The highest BCUT2D eigenvalue weighted by Crippen LogP contribution is 2.32. The summed E-state index contributed by atoms with van der Waals surface area (Å²) in [7, 11) is 0. The zero-order valence-electron chi connectivity index (χ0n) is 18.0. The van der Waals surface area contributed by atoms with Crippen LogP contribution in [0.25, 0.3) is 16.6 Å².